The predicted molar refractivity (Wildman–Crippen MR) is 2.06 cm³/mol. The zero-order valence-corrected chi connectivity index (χ0v) is 17.8. The maximum atomic E-state index is 0. The standard InChI is InChI=1S/2Hf.2La.3O/q;;2*+3;3*-2. The van der Waals surface area contributed by atoms with Gasteiger partial charge in [0.05, 0.1) is 0 Å². The van der Waals surface area contributed by atoms with E-state index in [1.54, 1.807) is 0 Å². The Hall–Kier alpha value is 4.01. The van der Waals surface area contributed by atoms with E-state index in [0.717, 1.165) is 0 Å². The van der Waals surface area contributed by atoms with Gasteiger partial charge in [-0.2, -0.15) is 0 Å². The molecule has 0 aliphatic heterocycles. The van der Waals surface area contributed by atoms with Crippen LogP contribution in [0.3, 0.4) is 0 Å². The van der Waals surface area contributed by atoms with Crippen LogP contribution < -0.4 is 0 Å². The Kier molecular flexibility index (Phi) is 495. The van der Waals surface area contributed by atoms with Crippen LogP contribution in [0.25, 0.3) is 0 Å². The molecule has 0 unspecified atom stereocenters. The minimum atomic E-state index is 0. The molecule has 7 heavy (non-hydrogen) atoms. The molecule has 3 nitrogen and oxygen atoms in total. The van der Waals surface area contributed by atoms with Gasteiger partial charge in [-0.1, -0.05) is 0 Å². The maximum Gasteiger partial charge on any atom is 3.00 e. The molecule has 0 amide bonds. The molecule has 32 valence electrons. The van der Waals surface area contributed by atoms with Crippen LogP contribution in [0.4, 0.5) is 0 Å². The van der Waals surface area contributed by atoms with Gasteiger partial charge in [0.1, 0.15) is 0 Å². The Labute approximate surface area is 136 Å². The fraction of sp³-hybridized carbons (Fsp3) is 0. The first-order chi connectivity index (χ1) is 0. The van der Waals surface area contributed by atoms with E-state index in [-0.39, 0.29) is 139 Å². The SMILES string of the molecule is [Hf].[Hf].[La+3].[La+3].[O-2].[O-2].[O-2]. The van der Waals surface area contributed by atoms with E-state index in [1.165, 1.54) is 0 Å². The van der Waals surface area contributed by atoms with Crippen LogP contribution in [-0.4, -0.2) is 0 Å². The first-order valence-electron chi connectivity index (χ1n) is 0. The molecule has 0 radical (unpaired) electrons. The molecule has 0 aromatic heterocycles. The summed E-state index contributed by atoms with van der Waals surface area (Å²) in [6, 6.07) is 0. The monoisotopic (exact) mass is 686 g/mol. The van der Waals surface area contributed by atoms with Crippen LogP contribution >= 0.6 is 0 Å². The van der Waals surface area contributed by atoms with Crippen molar-refractivity contribution in [1.82, 2.24) is 0 Å². The van der Waals surface area contributed by atoms with Crippen molar-refractivity contribution in [3.05, 3.63) is 0 Å². The van der Waals surface area contributed by atoms with Crippen molar-refractivity contribution in [3.63, 3.8) is 0 Å². The maximum absolute atomic E-state index is 0. The normalized spacial score (nSPS) is 0. The quantitative estimate of drug-likeness (QED) is 0.313. The second-order valence-electron chi connectivity index (χ2n) is 0. The summed E-state index contributed by atoms with van der Waals surface area (Å²) < 4.78 is 0. The summed E-state index contributed by atoms with van der Waals surface area (Å²) in [5.41, 5.74) is 0. The van der Waals surface area contributed by atoms with Crippen molar-refractivity contribution in [2.75, 3.05) is 0 Å². The van der Waals surface area contributed by atoms with Crippen molar-refractivity contribution >= 4 is 0 Å². The summed E-state index contributed by atoms with van der Waals surface area (Å²) in [6.07, 6.45) is 0. The average molecular weight is 683 g/mol. The first-order valence-corrected chi connectivity index (χ1v) is 0. The third kappa shape index (κ3) is 39.9. The Morgan fingerprint density at radius 1 is 0.429 bits per heavy atom. The molecule has 0 bridgehead atoms. The van der Waals surface area contributed by atoms with Gasteiger partial charge in [0.15, 0.2) is 0 Å². The molecule has 0 spiro atoms. The molecule has 0 aliphatic rings. The average Bonchev–Trinajstić information content (AvgIpc) is 0. The van der Waals surface area contributed by atoms with E-state index in [2.05, 4.69) is 0 Å². The van der Waals surface area contributed by atoms with Gasteiger partial charge in [-0.05, 0) is 0 Å². The molecule has 0 atom stereocenters. The van der Waals surface area contributed by atoms with Gasteiger partial charge in [0, 0.05) is 51.7 Å². The topological polar surface area (TPSA) is 85.5 Å². The number of hydrogen-bond acceptors (Lipinski definition) is 0. The van der Waals surface area contributed by atoms with Crippen molar-refractivity contribution in [1.29, 1.82) is 0 Å². The Morgan fingerprint density at radius 3 is 0.429 bits per heavy atom. The Bertz CT molecular complexity index is 10.9. The number of hydrogen-bond donors (Lipinski definition) is 0. The van der Waals surface area contributed by atoms with Gasteiger partial charge in [-0.25, -0.2) is 0 Å². The van der Waals surface area contributed by atoms with Crippen LogP contribution in [0.2, 0.25) is 0 Å². The van der Waals surface area contributed by atoms with Crippen molar-refractivity contribution in [2.45, 2.75) is 0 Å². The summed E-state index contributed by atoms with van der Waals surface area (Å²) in [7, 11) is 0. The van der Waals surface area contributed by atoms with Gasteiger partial charge < -0.3 is 16.4 Å². The van der Waals surface area contributed by atoms with E-state index in [0.29, 0.717) is 0 Å². The van der Waals surface area contributed by atoms with E-state index >= 15 is 0 Å². The van der Waals surface area contributed by atoms with Crippen molar-refractivity contribution in [3.8, 4) is 0 Å². The van der Waals surface area contributed by atoms with Crippen LogP contribution in [-0.2, 0) is 68.1 Å². The fourth-order valence-corrected chi connectivity index (χ4v) is 0. The second kappa shape index (κ2) is 50.5. The van der Waals surface area contributed by atoms with Crippen molar-refractivity contribution < 1.29 is 139 Å². The molecular weight excluding hydrogens is 683 g/mol. The van der Waals surface area contributed by atoms with E-state index < -0.39 is 0 Å². The minimum absolute atomic E-state index is 0. The van der Waals surface area contributed by atoms with Gasteiger partial charge in [0.2, 0.25) is 0 Å². The number of rotatable bonds is 0. The Morgan fingerprint density at radius 2 is 0.429 bits per heavy atom. The fourth-order valence-electron chi connectivity index (χ4n) is 0. The van der Waals surface area contributed by atoms with Gasteiger partial charge in [0.25, 0.3) is 0 Å². The van der Waals surface area contributed by atoms with Crippen LogP contribution in [0.1, 0.15) is 0 Å². The van der Waals surface area contributed by atoms with Crippen molar-refractivity contribution in [2.24, 2.45) is 0 Å². The molecule has 0 heterocycles. The minimum Gasteiger partial charge on any atom is -2.00 e. The molecule has 0 aliphatic carbocycles. The summed E-state index contributed by atoms with van der Waals surface area (Å²) in [6.45, 7) is 0. The smallest absolute Gasteiger partial charge is 2.00 e. The summed E-state index contributed by atoms with van der Waals surface area (Å²) >= 11 is 0. The molecule has 0 rings (SSSR count). The molecule has 0 saturated heterocycles. The summed E-state index contributed by atoms with van der Waals surface area (Å²) in [4.78, 5) is 0. The van der Waals surface area contributed by atoms with Crippen LogP contribution in [0.5, 0.6) is 0 Å². The van der Waals surface area contributed by atoms with E-state index in [4.69, 9.17) is 0 Å². The molecule has 0 fully saturated rings. The Balaban J connectivity index is 0. The third-order valence-electron chi connectivity index (χ3n) is 0. The second-order valence-corrected chi connectivity index (χ2v) is 0. The zero-order chi connectivity index (χ0) is 0. The van der Waals surface area contributed by atoms with E-state index in [9.17, 15) is 0 Å². The van der Waals surface area contributed by atoms with Crippen LogP contribution in [0, 0.1) is 71.2 Å². The predicted octanol–water partition coefficient (Wildman–Crippen LogP) is -0.361. The summed E-state index contributed by atoms with van der Waals surface area (Å²) in [5.74, 6) is 0. The molecule has 0 saturated carbocycles. The molecule has 0 aromatic carbocycles. The molecule has 7 heteroatoms. The van der Waals surface area contributed by atoms with Gasteiger partial charge in [-0.15, -0.1) is 0 Å². The van der Waals surface area contributed by atoms with Gasteiger partial charge >= 0.3 is 71.2 Å². The van der Waals surface area contributed by atoms with E-state index in [1.807, 2.05) is 0 Å². The van der Waals surface area contributed by atoms with Crippen LogP contribution in [0.15, 0.2) is 0 Å². The largest absolute Gasteiger partial charge is 3.00 e. The third-order valence-corrected chi connectivity index (χ3v) is 0. The zero-order valence-electron chi connectivity index (χ0n) is 3.38. The molecular formula is Hf2La2O3. The first kappa shape index (κ1) is 68.6. The summed E-state index contributed by atoms with van der Waals surface area (Å²) in [5, 5.41) is 0. The van der Waals surface area contributed by atoms with Gasteiger partial charge in [-0.3, -0.25) is 0 Å². The molecule has 0 aromatic rings. The molecule has 0 N–H and O–H groups in total.